The van der Waals surface area contributed by atoms with Crippen molar-refractivity contribution in [2.24, 2.45) is 10.8 Å². The van der Waals surface area contributed by atoms with E-state index in [0.29, 0.717) is 0 Å². The fraction of sp³-hybridized carbons (Fsp3) is 0.586. The molecule has 0 radical (unpaired) electrons. The molecule has 0 aromatic heterocycles. The minimum absolute atomic E-state index is 0. The molecular formula is C29H41Zr-. The first kappa shape index (κ1) is 25.6. The molecule has 0 amide bonds. The van der Waals surface area contributed by atoms with Crippen molar-refractivity contribution in [3.63, 3.8) is 0 Å². The van der Waals surface area contributed by atoms with Crippen molar-refractivity contribution in [3.05, 3.63) is 67.9 Å². The SMILES string of the molecule is CCCC1=C(C2=[C-]CC=C2C2=C(CCC)C(C)=C(C)C2(C)C)C(C)(C)C(C)=C1C.[Zr]. The summed E-state index contributed by atoms with van der Waals surface area (Å²) in [4.78, 5) is 0. The van der Waals surface area contributed by atoms with E-state index >= 15 is 0 Å². The maximum absolute atomic E-state index is 3.83. The molecule has 0 bridgehead atoms. The topological polar surface area (TPSA) is 0 Å². The normalized spacial score (nSPS) is 22.9. The average Bonchev–Trinajstić information content (AvgIpc) is 3.22. The van der Waals surface area contributed by atoms with Gasteiger partial charge in [-0.1, -0.05) is 94.2 Å². The average molecular weight is 481 g/mol. The monoisotopic (exact) mass is 479 g/mol. The summed E-state index contributed by atoms with van der Waals surface area (Å²) in [6, 6.07) is 0. The molecule has 0 N–H and O–H groups in total. The summed E-state index contributed by atoms with van der Waals surface area (Å²) in [5.74, 6) is 0. The van der Waals surface area contributed by atoms with Gasteiger partial charge in [0.15, 0.2) is 0 Å². The number of allylic oxidation sites excluding steroid dienone is 12. The zero-order valence-corrected chi connectivity index (χ0v) is 23.6. The van der Waals surface area contributed by atoms with E-state index in [1.807, 2.05) is 0 Å². The Bertz CT molecular complexity index is 843. The molecule has 1 heteroatoms. The van der Waals surface area contributed by atoms with Crippen LogP contribution in [0.2, 0.25) is 0 Å². The van der Waals surface area contributed by atoms with Gasteiger partial charge in [0.1, 0.15) is 0 Å². The zero-order chi connectivity index (χ0) is 21.7. The first-order valence-corrected chi connectivity index (χ1v) is 11.7. The van der Waals surface area contributed by atoms with E-state index in [2.05, 4.69) is 81.4 Å². The molecule has 0 heterocycles. The Kier molecular flexibility index (Phi) is 7.72. The second-order valence-electron chi connectivity index (χ2n) is 10.3. The van der Waals surface area contributed by atoms with Gasteiger partial charge in [0, 0.05) is 31.6 Å². The van der Waals surface area contributed by atoms with Gasteiger partial charge in [0.2, 0.25) is 0 Å². The maximum Gasteiger partial charge on any atom is 0.000364 e. The smallest absolute Gasteiger partial charge is 0.000364 e. The van der Waals surface area contributed by atoms with Crippen molar-refractivity contribution in [2.75, 3.05) is 0 Å². The molecule has 3 aliphatic carbocycles. The standard InChI is InChI=1S/C29H41.Zr/c1-11-14-22-18(3)20(5)28(7,8)26(22)24-16-13-17-25(24)27-23(15-12-2)19(4)21(6)29(27,9)10;/h16H,11-15H2,1-10H3;/q-1;. The molecule has 3 rings (SSSR count). The molecule has 30 heavy (non-hydrogen) atoms. The van der Waals surface area contributed by atoms with Crippen LogP contribution >= 0.6 is 0 Å². The Morgan fingerprint density at radius 3 is 1.67 bits per heavy atom. The summed E-state index contributed by atoms with van der Waals surface area (Å²) < 4.78 is 0. The maximum atomic E-state index is 3.83. The van der Waals surface area contributed by atoms with Crippen LogP contribution in [0.4, 0.5) is 0 Å². The van der Waals surface area contributed by atoms with E-state index in [9.17, 15) is 0 Å². The molecule has 0 atom stereocenters. The quantitative estimate of drug-likeness (QED) is 0.333. The molecule has 0 unspecified atom stereocenters. The van der Waals surface area contributed by atoms with Crippen LogP contribution in [0.15, 0.2) is 61.8 Å². The molecule has 0 nitrogen and oxygen atoms in total. The second kappa shape index (κ2) is 9.06. The van der Waals surface area contributed by atoms with Gasteiger partial charge >= 0.3 is 0 Å². The van der Waals surface area contributed by atoms with E-state index in [0.717, 1.165) is 6.42 Å². The number of hydrogen-bond acceptors (Lipinski definition) is 0. The van der Waals surface area contributed by atoms with Gasteiger partial charge in [-0.2, -0.15) is 11.6 Å². The van der Waals surface area contributed by atoms with Crippen molar-refractivity contribution >= 4 is 0 Å². The van der Waals surface area contributed by atoms with Crippen LogP contribution in [-0.2, 0) is 26.2 Å². The van der Waals surface area contributed by atoms with E-state index in [4.69, 9.17) is 0 Å². The molecule has 0 fully saturated rings. The Hall–Kier alpha value is -0.677. The van der Waals surface area contributed by atoms with Gasteiger partial charge < -0.3 is 0 Å². The Labute approximate surface area is 205 Å². The van der Waals surface area contributed by atoms with Crippen LogP contribution in [0.5, 0.6) is 0 Å². The third-order valence-corrected chi connectivity index (χ3v) is 8.13. The van der Waals surface area contributed by atoms with Crippen LogP contribution in [0.3, 0.4) is 0 Å². The first-order chi connectivity index (χ1) is 13.5. The van der Waals surface area contributed by atoms with E-state index in [1.165, 1.54) is 53.5 Å². The number of hydrogen-bond donors (Lipinski definition) is 0. The van der Waals surface area contributed by atoms with E-state index < -0.39 is 0 Å². The zero-order valence-electron chi connectivity index (χ0n) is 21.1. The van der Waals surface area contributed by atoms with Gasteiger partial charge in [-0.3, -0.25) is 0 Å². The van der Waals surface area contributed by atoms with Crippen molar-refractivity contribution < 1.29 is 26.2 Å². The third kappa shape index (κ3) is 3.72. The molecule has 3 aliphatic rings. The second-order valence-corrected chi connectivity index (χ2v) is 10.3. The Morgan fingerprint density at radius 2 is 1.20 bits per heavy atom. The first-order valence-electron chi connectivity index (χ1n) is 11.7. The molecule has 0 saturated heterocycles. The van der Waals surface area contributed by atoms with Crippen LogP contribution in [-0.4, -0.2) is 0 Å². The molecule has 0 saturated carbocycles. The Morgan fingerprint density at radius 1 is 0.767 bits per heavy atom. The van der Waals surface area contributed by atoms with Gasteiger partial charge in [-0.05, 0) is 51.5 Å². The molecular weight excluding hydrogens is 440 g/mol. The summed E-state index contributed by atoms with van der Waals surface area (Å²) in [6.07, 6.45) is 12.0. The third-order valence-electron chi connectivity index (χ3n) is 8.13. The van der Waals surface area contributed by atoms with Gasteiger partial charge in [-0.15, -0.1) is 17.2 Å². The summed E-state index contributed by atoms with van der Waals surface area (Å²) in [5.41, 5.74) is 15.5. The van der Waals surface area contributed by atoms with Gasteiger partial charge in [0.25, 0.3) is 0 Å². The predicted octanol–water partition coefficient (Wildman–Crippen LogP) is 8.99. The molecule has 0 aliphatic heterocycles. The van der Waals surface area contributed by atoms with Crippen LogP contribution in [0.25, 0.3) is 0 Å². The molecule has 162 valence electrons. The number of rotatable bonds is 6. The van der Waals surface area contributed by atoms with Crippen molar-refractivity contribution in [1.29, 1.82) is 0 Å². The summed E-state index contributed by atoms with van der Waals surface area (Å²) >= 11 is 0. The minimum atomic E-state index is 0. The molecule has 0 spiro atoms. The predicted molar refractivity (Wildman–Crippen MR) is 128 cm³/mol. The summed E-state index contributed by atoms with van der Waals surface area (Å²) in [7, 11) is 0. The van der Waals surface area contributed by atoms with Gasteiger partial charge in [-0.25, -0.2) is 0 Å². The van der Waals surface area contributed by atoms with Crippen LogP contribution in [0.1, 0.15) is 101 Å². The van der Waals surface area contributed by atoms with E-state index in [-0.39, 0.29) is 37.0 Å². The largest absolute Gasteiger partial charge is 0.197 e. The Balaban J connectivity index is 0.00000320. The van der Waals surface area contributed by atoms with Crippen molar-refractivity contribution in [3.8, 4) is 0 Å². The molecule has 0 aromatic carbocycles. The van der Waals surface area contributed by atoms with Crippen LogP contribution < -0.4 is 0 Å². The van der Waals surface area contributed by atoms with Crippen LogP contribution in [0, 0.1) is 16.9 Å². The summed E-state index contributed by atoms with van der Waals surface area (Å²) in [5, 5.41) is 0. The summed E-state index contributed by atoms with van der Waals surface area (Å²) in [6.45, 7) is 23.7. The fourth-order valence-corrected chi connectivity index (χ4v) is 5.88. The van der Waals surface area contributed by atoms with Crippen molar-refractivity contribution in [2.45, 2.75) is 101 Å². The van der Waals surface area contributed by atoms with Gasteiger partial charge in [0.05, 0.1) is 0 Å². The fourth-order valence-electron chi connectivity index (χ4n) is 5.88. The minimum Gasteiger partial charge on any atom is -0.197 e. The van der Waals surface area contributed by atoms with E-state index in [1.54, 1.807) is 27.9 Å². The van der Waals surface area contributed by atoms with Crippen molar-refractivity contribution in [1.82, 2.24) is 0 Å². The molecule has 0 aromatic rings.